The largest absolute Gasteiger partial charge is 0.340 e. The van der Waals surface area contributed by atoms with E-state index in [2.05, 4.69) is 10.3 Å². The number of pyridine rings is 1. The molecule has 0 aliphatic heterocycles. The van der Waals surface area contributed by atoms with Crippen LogP contribution >= 0.6 is 0 Å². The number of nitro benzene ring substituents is 1. The average Bonchev–Trinajstić information content (AvgIpc) is 2.47. The van der Waals surface area contributed by atoms with Gasteiger partial charge in [0.2, 0.25) is 0 Å². The lowest BCUT2D eigenvalue weighted by Gasteiger charge is -2.09. The maximum atomic E-state index is 11.1. The Hall–Kier alpha value is -2.95. The molecule has 104 valence electrons. The number of para-hydroxylation sites is 1. The Bertz CT molecular complexity index is 816. The zero-order valence-electron chi connectivity index (χ0n) is 11.4. The van der Waals surface area contributed by atoms with E-state index >= 15 is 0 Å². The third-order valence-electron chi connectivity index (χ3n) is 3.25. The molecule has 0 aliphatic carbocycles. The second-order valence-corrected chi connectivity index (χ2v) is 4.74. The second-order valence-electron chi connectivity index (χ2n) is 4.74. The second kappa shape index (κ2) is 5.20. The zero-order chi connectivity index (χ0) is 14.8. The predicted octanol–water partition coefficient (Wildman–Crippen LogP) is 4.20. The lowest BCUT2D eigenvalue weighted by Crippen LogP contribution is -1.97. The van der Waals surface area contributed by atoms with Crippen LogP contribution in [0.15, 0.2) is 54.6 Å². The van der Waals surface area contributed by atoms with Crippen molar-refractivity contribution in [3.63, 3.8) is 0 Å². The Balaban J connectivity index is 2.10. The number of nitrogens with one attached hydrogen (secondary N) is 1. The van der Waals surface area contributed by atoms with Crippen molar-refractivity contribution in [2.24, 2.45) is 0 Å². The molecule has 5 heteroatoms. The molecule has 1 N–H and O–H groups in total. The Morgan fingerprint density at radius 1 is 1.10 bits per heavy atom. The number of aryl methyl sites for hydroxylation is 1. The normalized spacial score (nSPS) is 10.5. The quantitative estimate of drug-likeness (QED) is 0.576. The highest BCUT2D eigenvalue weighted by Crippen LogP contribution is 2.29. The van der Waals surface area contributed by atoms with Crippen LogP contribution in [0.5, 0.6) is 0 Å². The summed E-state index contributed by atoms with van der Waals surface area (Å²) < 4.78 is 0. The molecular formula is C16H13N3O2. The van der Waals surface area contributed by atoms with Crippen LogP contribution in [0.1, 0.15) is 5.56 Å². The van der Waals surface area contributed by atoms with Gasteiger partial charge in [0, 0.05) is 11.8 Å². The van der Waals surface area contributed by atoms with Gasteiger partial charge in [0.05, 0.1) is 15.8 Å². The molecule has 0 saturated carbocycles. The number of anilines is 2. The first-order chi connectivity index (χ1) is 10.1. The van der Waals surface area contributed by atoms with Crippen molar-refractivity contribution in [3.8, 4) is 0 Å². The van der Waals surface area contributed by atoms with Gasteiger partial charge in [0.1, 0.15) is 5.82 Å². The van der Waals surface area contributed by atoms with Crippen LogP contribution in [0.4, 0.5) is 17.2 Å². The summed E-state index contributed by atoms with van der Waals surface area (Å²) in [6.45, 7) is 1.85. The summed E-state index contributed by atoms with van der Waals surface area (Å²) in [4.78, 5) is 15.2. The number of non-ortho nitro benzene ring substituents is 1. The van der Waals surface area contributed by atoms with Crippen molar-refractivity contribution in [2.45, 2.75) is 6.92 Å². The Labute approximate surface area is 121 Å². The van der Waals surface area contributed by atoms with Gasteiger partial charge in [0.15, 0.2) is 0 Å². The van der Waals surface area contributed by atoms with E-state index in [-0.39, 0.29) is 10.6 Å². The average molecular weight is 279 g/mol. The Kier molecular flexibility index (Phi) is 3.23. The summed E-state index contributed by atoms with van der Waals surface area (Å²) >= 11 is 0. The van der Waals surface area contributed by atoms with Crippen molar-refractivity contribution in [1.82, 2.24) is 4.98 Å². The van der Waals surface area contributed by atoms with E-state index in [1.54, 1.807) is 12.1 Å². The van der Waals surface area contributed by atoms with Crippen LogP contribution < -0.4 is 5.32 Å². The molecule has 0 spiro atoms. The van der Waals surface area contributed by atoms with Gasteiger partial charge in [0.25, 0.3) is 5.69 Å². The van der Waals surface area contributed by atoms with Crippen LogP contribution in [0, 0.1) is 17.0 Å². The molecule has 0 radical (unpaired) electrons. The highest BCUT2D eigenvalue weighted by Gasteiger charge is 2.15. The first kappa shape index (κ1) is 13.1. The lowest BCUT2D eigenvalue weighted by molar-refractivity contribution is -0.383. The van der Waals surface area contributed by atoms with Gasteiger partial charge in [-0.2, -0.15) is 0 Å². The zero-order valence-corrected chi connectivity index (χ0v) is 11.4. The standard InChI is InChI=1S/C16H13N3O2/c1-11-10-15(17-12-6-3-2-4-7-12)18-13-8-5-9-14(16(11)13)19(20)21/h2-10H,1H3,(H,17,18). The van der Waals surface area contributed by atoms with Crippen LogP contribution in [0.2, 0.25) is 0 Å². The number of hydrogen-bond donors (Lipinski definition) is 1. The number of fused-ring (bicyclic) bond motifs is 1. The third-order valence-corrected chi connectivity index (χ3v) is 3.25. The first-order valence-electron chi connectivity index (χ1n) is 6.52. The summed E-state index contributed by atoms with van der Waals surface area (Å²) in [6.07, 6.45) is 0. The molecule has 0 unspecified atom stereocenters. The highest BCUT2D eigenvalue weighted by atomic mass is 16.6. The molecule has 0 saturated heterocycles. The van der Waals surface area contributed by atoms with Crippen molar-refractivity contribution >= 4 is 28.1 Å². The summed E-state index contributed by atoms with van der Waals surface area (Å²) in [7, 11) is 0. The van der Waals surface area contributed by atoms with Gasteiger partial charge in [-0.3, -0.25) is 10.1 Å². The van der Waals surface area contributed by atoms with E-state index in [1.165, 1.54) is 6.07 Å². The molecule has 0 fully saturated rings. The third kappa shape index (κ3) is 2.53. The lowest BCUT2D eigenvalue weighted by atomic mass is 10.1. The maximum absolute atomic E-state index is 11.1. The topological polar surface area (TPSA) is 68.1 Å². The van der Waals surface area contributed by atoms with Gasteiger partial charge < -0.3 is 5.32 Å². The minimum Gasteiger partial charge on any atom is -0.340 e. The fraction of sp³-hybridized carbons (Fsp3) is 0.0625. The summed E-state index contributed by atoms with van der Waals surface area (Å²) in [6, 6.07) is 16.4. The molecule has 1 aromatic heterocycles. The monoisotopic (exact) mass is 279 g/mol. The highest BCUT2D eigenvalue weighted by molar-refractivity contribution is 5.92. The van der Waals surface area contributed by atoms with E-state index in [1.807, 2.05) is 43.3 Å². The number of hydrogen-bond acceptors (Lipinski definition) is 4. The molecule has 3 aromatic rings. The fourth-order valence-corrected chi connectivity index (χ4v) is 2.35. The Morgan fingerprint density at radius 2 is 1.86 bits per heavy atom. The van der Waals surface area contributed by atoms with Crippen molar-refractivity contribution < 1.29 is 4.92 Å². The number of rotatable bonds is 3. The van der Waals surface area contributed by atoms with Crippen molar-refractivity contribution in [1.29, 1.82) is 0 Å². The van der Waals surface area contributed by atoms with E-state index in [0.717, 1.165) is 11.3 Å². The van der Waals surface area contributed by atoms with Crippen LogP contribution in [0.3, 0.4) is 0 Å². The minimum atomic E-state index is -0.374. The van der Waals surface area contributed by atoms with E-state index in [4.69, 9.17) is 0 Å². The first-order valence-corrected chi connectivity index (χ1v) is 6.52. The summed E-state index contributed by atoms with van der Waals surface area (Å²) in [5.74, 6) is 0.673. The van der Waals surface area contributed by atoms with Gasteiger partial charge in [-0.05, 0) is 36.8 Å². The fourth-order valence-electron chi connectivity index (χ4n) is 2.35. The van der Waals surface area contributed by atoms with Gasteiger partial charge in [-0.25, -0.2) is 4.98 Å². The van der Waals surface area contributed by atoms with Crippen molar-refractivity contribution in [3.05, 3.63) is 70.3 Å². The van der Waals surface area contributed by atoms with E-state index in [9.17, 15) is 10.1 Å². The summed E-state index contributed by atoms with van der Waals surface area (Å²) in [5.41, 5.74) is 2.45. The van der Waals surface area contributed by atoms with Crippen LogP contribution in [-0.2, 0) is 0 Å². The number of benzene rings is 2. The van der Waals surface area contributed by atoms with Crippen LogP contribution in [-0.4, -0.2) is 9.91 Å². The maximum Gasteiger partial charge on any atom is 0.279 e. The smallest absolute Gasteiger partial charge is 0.279 e. The molecular weight excluding hydrogens is 266 g/mol. The number of nitrogens with zero attached hydrogens (tertiary/aromatic N) is 2. The van der Waals surface area contributed by atoms with Crippen molar-refractivity contribution in [2.75, 3.05) is 5.32 Å². The molecule has 0 bridgehead atoms. The Morgan fingerprint density at radius 3 is 2.57 bits per heavy atom. The molecule has 0 atom stereocenters. The molecule has 5 nitrogen and oxygen atoms in total. The predicted molar refractivity (Wildman–Crippen MR) is 82.9 cm³/mol. The van der Waals surface area contributed by atoms with Crippen LogP contribution in [0.25, 0.3) is 10.9 Å². The van der Waals surface area contributed by atoms with Gasteiger partial charge >= 0.3 is 0 Å². The number of aromatic nitrogens is 1. The van der Waals surface area contributed by atoms with Gasteiger partial charge in [-0.15, -0.1) is 0 Å². The minimum absolute atomic E-state index is 0.0868. The molecule has 0 aliphatic rings. The molecule has 2 aromatic carbocycles. The van der Waals surface area contributed by atoms with E-state index in [0.29, 0.717) is 16.7 Å². The molecule has 0 amide bonds. The van der Waals surface area contributed by atoms with Gasteiger partial charge in [-0.1, -0.05) is 24.3 Å². The number of nitro groups is 1. The molecule has 1 heterocycles. The molecule has 3 rings (SSSR count). The van der Waals surface area contributed by atoms with E-state index < -0.39 is 0 Å². The summed E-state index contributed by atoms with van der Waals surface area (Å²) in [5, 5.41) is 14.9. The SMILES string of the molecule is Cc1cc(Nc2ccccc2)nc2cccc([N+](=O)[O-])c12. The molecule has 21 heavy (non-hydrogen) atoms.